The van der Waals surface area contributed by atoms with Crippen molar-refractivity contribution in [2.45, 2.75) is 45.1 Å². The molecule has 0 bridgehead atoms. The quantitative estimate of drug-likeness (QED) is 0.576. The van der Waals surface area contributed by atoms with E-state index in [1.807, 2.05) is 20.8 Å². The molecule has 1 aromatic rings. The van der Waals surface area contributed by atoms with Crippen LogP contribution in [0.5, 0.6) is 0 Å². The maximum absolute atomic E-state index is 12.3. The zero-order valence-corrected chi connectivity index (χ0v) is 15.8. The van der Waals surface area contributed by atoms with Gasteiger partial charge in [0.05, 0.1) is 17.9 Å². The Hall–Kier alpha value is -1.66. The van der Waals surface area contributed by atoms with Gasteiger partial charge in [-0.25, -0.2) is 13.1 Å². The maximum atomic E-state index is 12.3. The summed E-state index contributed by atoms with van der Waals surface area (Å²) in [6.45, 7) is 7.67. The molecule has 5 nitrogen and oxygen atoms in total. The van der Waals surface area contributed by atoms with Crippen molar-refractivity contribution in [1.82, 2.24) is 4.72 Å². The molecule has 0 radical (unpaired) electrons. The first kappa shape index (κ1) is 20.4. The predicted octanol–water partition coefficient (Wildman–Crippen LogP) is 3.05. The van der Waals surface area contributed by atoms with E-state index in [4.69, 9.17) is 4.74 Å². The van der Waals surface area contributed by atoms with Crippen molar-refractivity contribution >= 4 is 16.0 Å². The molecule has 0 aliphatic rings. The smallest absolute Gasteiger partial charge is 0.312 e. The fraction of sp³-hybridized carbons (Fsp3) is 0.500. The fourth-order valence-corrected chi connectivity index (χ4v) is 3.48. The largest absolute Gasteiger partial charge is 0.469 e. The van der Waals surface area contributed by atoms with E-state index < -0.39 is 16.1 Å². The Balaban J connectivity index is 2.80. The Labute approximate surface area is 145 Å². The highest BCUT2D eigenvalue weighted by Crippen LogP contribution is 2.16. The minimum absolute atomic E-state index is 0.222. The number of sulfonamides is 1. The molecule has 0 saturated heterocycles. The molecule has 0 aliphatic heterocycles. The second kappa shape index (κ2) is 8.99. The molecule has 134 valence electrons. The van der Waals surface area contributed by atoms with E-state index >= 15 is 0 Å². The molecule has 24 heavy (non-hydrogen) atoms. The first-order valence-electron chi connectivity index (χ1n) is 8.01. The SMILES string of the molecule is COC(=O)[C@H](/C=C/[C@H](C)NS(=O)(=O)c1ccc(C)cc1)CC(C)C. The number of carbonyl (C=O) groups excluding carboxylic acids is 1. The molecule has 0 aromatic heterocycles. The molecule has 0 heterocycles. The average molecular weight is 353 g/mol. The van der Waals surface area contributed by atoms with Gasteiger partial charge in [0.25, 0.3) is 0 Å². The lowest BCUT2D eigenvalue weighted by Crippen LogP contribution is -2.31. The second-order valence-corrected chi connectivity index (χ2v) is 8.08. The van der Waals surface area contributed by atoms with Gasteiger partial charge in [-0.1, -0.05) is 43.7 Å². The lowest BCUT2D eigenvalue weighted by Gasteiger charge is -2.15. The van der Waals surface area contributed by atoms with Crippen LogP contribution in [-0.4, -0.2) is 27.5 Å². The summed E-state index contributed by atoms with van der Waals surface area (Å²) in [6, 6.07) is 6.22. The van der Waals surface area contributed by atoms with Gasteiger partial charge in [0.2, 0.25) is 10.0 Å². The summed E-state index contributed by atoms with van der Waals surface area (Å²) in [5.74, 6) is -0.354. The summed E-state index contributed by atoms with van der Waals surface area (Å²) in [6.07, 6.45) is 4.06. The van der Waals surface area contributed by atoms with E-state index in [1.54, 1.807) is 43.3 Å². The number of methoxy groups -OCH3 is 1. The van der Waals surface area contributed by atoms with Crippen molar-refractivity contribution in [2.24, 2.45) is 11.8 Å². The van der Waals surface area contributed by atoms with Gasteiger partial charge in [-0.05, 0) is 38.3 Å². The zero-order chi connectivity index (χ0) is 18.3. The number of nitrogens with one attached hydrogen (secondary N) is 1. The van der Waals surface area contributed by atoms with Gasteiger partial charge in [-0.2, -0.15) is 0 Å². The van der Waals surface area contributed by atoms with Gasteiger partial charge >= 0.3 is 5.97 Å². The molecule has 0 spiro atoms. The first-order valence-corrected chi connectivity index (χ1v) is 9.49. The predicted molar refractivity (Wildman–Crippen MR) is 95.1 cm³/mol. The number of hydrogen-bond acceptors (Lipinski definition) is 4. The summed E-state index contributed by atoms with van der Waals surface area (Å²) >= 11 is 0. The van der Waals surface area contributed by atoms with E-state index in [1.165, 1.54) is 7.11 Å². The van der Waals surface area contributed by atoms with Crippen LogP contribution in [0.3, 0.4) is 0 Å². The summed E-state index contributed by atoms with van der Waals surface area (Å²) in [4.78, 5) is 12.0. The molecular weight excluding hydrogens is 326 g/mol. The number of benzene rings is 1. The first-order chi connectivity index (χ1) is 11.2. The van der Waals surface area contributed by atoms with Crippen LogP contribution in [0.15, 0.2) is 41.3 Å². The fourth-order valence-electron chi connectivity index (χ4n) is 2.28. The van der Waals surface area contributed by atoms with Crippen molar-refractivity contribution in [3.8, 4) is 0 Å². The molecule has 1 N–H and O–H groups in total. The van der Waals surface area contributed by atoms with Crippen LogP contribution in [0, 0.1) is 18.8 Å². The van der Waals surface area contributed by atoms with Crippen LogP contribution in [-0.2, 0) is 19.6 Å². The summed E-state index contributed by atoms with van der Waals surface area (Å²) in [5.41, 5.74) is 0.997. The second-order valence-electron chi connectivity index (χ2n) is 6.37. The molecular formula is C18H27NO4S. The molecule has 6 heteroatoms. The molecule has 0 unspecified atom stereocenters. The number of ether oxygens (including phenoxy) is 1. The van der Waals surface area contributed by atoms with Gasteiger partial charge in [-0.15, -0.1) is 0 Å². The van der Waals surface area contributed by atoms with Crippen molar-refractivity contribution < 1.29 is 17.9 Å². The highest BCUT2D eigenvalue weighted by Gasteiger charge is 2.19. The Morgan fingerprint density at radius 2 is 1.75 bits per heavy atom. The van der Waals surface area contributed by atoms with E-state index in [0.717, 1.165) is 5.56 Å². The Bertz CT molecular complexity index is 663. The lowest BCUT2D eigenvalue weighted by atomic mass is 9.96. The van der Waals surface area contributed by atoms with E-state index in [2.05, 4.69) is 4.72 Å². The Kier molecular flexibility index (Phi) is 7.63. The van der Waals surface area contributed by atoms with E-state index in [0.29, 0.717) is 12.3 Å². The van der Waals surface area contributed by atoms with Gasteiger partial charge in [-0.3, -0.25) is 4.79 Å². The molecule has 0 amide bonds. The maximum Gasteiger partial charge on any atom is 0.312 e. The third kappa shape index (κ3) is 6.45. The standard InChI is InChI=1S/C18H27NO4S/c1-13(2)12-16(18(20)23-5)9-8-15(4)19-24(21,22)17-10-6-14(3)7-11-17/h6-11,13,15-16,19H,12H2,1-5H3/b9-8+/t15-,16+/m0/s1. The van der Waals surface area contributed by atoms with Crippen molar-refractivity contribution in [2.75, 3.05) is 7.11 Å². The summed E-state index contributed by atoms with van der Waals surface area (Å²) in [5, 5.41) is 0. The van der Waals surface area contributed by atoms with Gasteiger partial charge in [0.15, 0.2) is 0 Å². The van der Waals surface area contributed by atoms with Gasteiger partial charge in [0.1, 0.15) is 0 Å². The van der Waals surface area contributed by atoms with E-state index in [9.17, 15) is 13.2 Å². The Morgan fingerprint density at radius 1 is 1.17 bits per heavy atom. The molecule has 2 atom stereocenters. The van der Waals surface area contributed by atoms with Crippen LogP contribution >= 0.6 is 0 Å². The van der Waals surface area contributed by atoms with Crippen LogP contribution in [0.25, 0.3) is 0 Å². The van der Waals surface area contributed by atoms with Crippen LogP contribution < -0.4 is 4.72 Å². The van der Waals surface area contributed by atoms with Gasteiger partial charge in [0, 0.05) is 6.04 Å². The molecule has 0 saturated carbocycles. The molecule has 1 aromatic carbocycles. The minimum atomic E-state index is -3.59. The van der Waals surface area contributed by atoms with E-state index in [-0.39, 0.29) is 16.8 Å². The number of hydrogen-bond donors (Lipinski definition) is 1. The summed E-state index contributed by atoms with van der Waals surface area (Å²) < 4.78 is 32.0. The number of rotatable bonds is 8. The van der Waals surface area contributed by atoms with Crippen LogP contribution in [0.4, 0.5) is 0 Å². The number of carbonyl (C=O) groups is 1. The lowest BCUT2D eigenvalue weighted by molar-refractivity contribution is -0.144. The van der Waals surface area contributed by atoms with Crippen LogP contribution in [0.1, 0.15) is 32.8 Å². The monoisotopic (exact) mass is 353 g/mol. The third-order valence-corrected chi connectivity index (χ3v) is 5.11. The molecule has 1 rings (SSSR count). The molecule has 0 aliphatic carbocycles. The van der Waals surface area contributed by atoms with Crippen LogP contribution in [0.2, 0.25) is 0 Å². The van der Waals surface area contributed by atoms with Crippen molar-refractivity contribution in [3.63, 3.8) is 0 Å². The highest BCUT2D eigenvalue weighted by atomic mass is 32.2. The minimum Gasteiger partial charge on any atom is -0.469 e. The Morgan fingerprint density at radius 3 is 2.25 bits per heavy atom. The highest BCUT2D eigenvalue weighted by molar-refractivity contribution is 7.89. The molecule has 0 fully saturated rings. The topological polar surface area (TPSA) is 72.5 Å². The third-order valence-electron chi connectivity index (χ3n) is 3.53. The normalized spacial score (nSPS) is 14.8. The number of esters is 1. The van der Waals surface area contributed by atoms with Crippen molar-refractivity contribution in [3.05, 3.63) is 42.0 Å². The van der Waals surface area contributed by atoms with Gasteiger partial charge < -0.3 is 4.74 Å². The van der Waals surface area contributed by atoms with Crippen molar-refractivity contribution in [1.29, 1.82) is 0 Å². The summed E-state index contributed by atoms with van der Waals surface area (Å²) in [7, 11) is -2.24. The average Bonchev–Trinajstić information content (AvgIpc) is 2.50. The number of aryl methyl sites for hydroxylation is 1. The zero-order valence-electron chi connectivity index (χ0n) is 14.9.